The molecule has 0 aliphatic carbocycles. The van der Waals surface area contributed by atoms with Crippen LogP contribution in [-0.4, -0.2) is 10.2 Å². The lowest BCUT2D eigenvalue weighted by Crippen LogP contribution is -1.87. The van der Waals surface area contributed by atoms with Crippen molar-refractivity contribution in [1.29, 1.82) is 0 Å². The van der Waals surface area contributed by atoms with Crippen LogP contribution in [0.15, 0.2) is 39.5 Å². The molecule has 3 nitrogen and oxygen atoms in total. The van der Waals surface area contributed by atoms with Crippen LogP contribution in [0.5, 0.6) is 0 Å². The maximum atomic E-state index is 5.03. The molecule has 0 fully saturated rings. The molecule has 0 aliphatic heterocycles. The van der Waals surface area contributed by atoms with Crippen LogP contribution in [0.3, 0.4) is 0 Å². The van der Waals surface area contributed by atoms with Crippen LogP contribution in [0.25, 0.3) is 0 Å². The fourth-order valence-corrected chi connectivity index (χ4v) is 1.31. The molecule has 2 rings (SSSR count). The molecule has 1 heterocycles. The minimum atomic E-state index is 0.641. The first-order valence-corrected chi connectivity index (χ1v) is 4.63. The number of rotatable bonds is 2. The third-order valence-electron chi connectivity index (χ3n) is 1.67. The number of aromatic nitrogens is 2. The van der Waals surface area contributed by atoms with Crippen LogP contribution >= 0.6 is 15.9 Å². The normalized spacial score (nSPS) is 10.2. The fourth-order valence-electron chi connectivity index (χ4n) is 1.05. The maximum Gasteiger partial charge on any atom is 0.220 e. The van der Waals surface area contributed by atoms with E-state index in [1.54, 1.807) is 0 Å². The summed E-state index contributed by atoms with van der Waals surface area (Å²) in [5.41, 5.74) is 1.16. The molecule has 0 unspecified atom stereocenters. The minimum Gasteiger partial charge on any atom is -0.428 e. The van der Waals surface area contributed by atoms with E-state index in [0.29, 0.717) is 12.3 Å². The second kappa shape index (κ2) is 3.70. The summed E-state index contributed by atoms with van der Waals surface area (Å²) in [6.45, 7) is 0. The Hall–Kier alpha value is -1.16. The van der Waals surface area contributed by atoms with E-state index in [0.717, 1.165) is 10.0 Å². The minimum absolute atomic E-state index is 0.641. The van der Waals surface area contributed by atoms with Gasteiger partial charge in [-0.15, -0.1) is 10.2 Å². The van der Waals surface area contributed by atoms with E-state index in [1.165, 1.54) is 6.39 Å². The predicted molar refractivity (Wildman–Crippen MR) is 51.2 cm³/mol. The second-order valence-electron chi connectivity index (χ2n) is 2.64. The largest absolute Gasteiger partial charge is 0.428 e. The molecule has 0 spiro atoms. The van der Waals surface area contributed by atoms with Gasteiger partial charge in [0, 0.05) is 4.47 Å². The van der Waals surface area contributed by atoms with E-state index < -0.39 is 0 Å². The first-order chi connectivity index (χ1) is 6.34. The lowest BCUT2D eigenvalue weighted by Gasteiger charge is -1.96. The van der Waals surface area contributed by atoms with Gasteiger partial charge in [0.15, 0.2) is 0 Å². The van der Waals surface area contributed by atoms with Crippen LogP contribution in [0.2, 0.25) is 0 Å². The highest BCUT2D eigenvalue weighted by molar-refractivity contribution is 9.10. The van der Waals surface area contributed by atoms with Crippen molar-refractivity contribution in [2.24, 2.45) is 0 Å². The van der Waals surface area contributed by atoms with Crippen LogP contribution in [-0.2, 0) is 6.42 Å². The third kappa shape index (κ3) is 2.15. The Kier molecular flexibility index (Phi) is 2.40. The summed E-state index contributed by atoms with van der Waals surface area (Å²) in [6.07, 6.45) is 2.03. The highest BCUT2D eigenvalue weighted by Crippen LogP contribution is 2.12. The van der Waals surface area contributed by atoms with Crippen molar-refractivity contribution in [2.75, 3.05) is 0 Å². The van der Waals surface area contributed by atoms with Crippen molar-refractivity contribution in [1.82, 2.24) is 10.2 Å². The molecule has 2 aromatic rings. The Bertz CT molecular complexity index is 369. The second-order valence-corrected chi connectivity index (χ2v) is 3.55. The van der Waals surface area contributed by atoms with Crippen molar-refractivity contribution in [3.63, 3.8) is 0 Å². The number of halogens is 1. The number of benzene rings is 1. The summed E-state index contributed by atoms with van der Waals surface area (Å²) in [7, 11) is 0. The molecule has 0 radical (unpaired) electrons. The first-order valence-electron chi connectivity index (χ1n) is 3.84. The number of hydrogen-bond acceptors (Lipinski definition) is 3. The smallest absolute Gasteiger partial charge is 0.220 e. The Morgan fingerprint density at radius 1 is 1.23 bits per heavy atom. The maximum absolute atomic E-state index is 5.03. The number of hydrogen-bond donors (Lipinski definition) is 0. The van der Waals surface area contributed by atoms with Crippen LogP contribution in [0, 0.1) is 0 Å². The summed E-state index contributed by atoms with van der Waals surface area (Å²) in [6, 6.07) is 8.03. The average molecular weight is 239 g/mol. The predicted octanol–water partition coefficient (Wildman–Crippen LogP) is 2.42. The van der Waals surface area contributed by atoms with E-state index in [4.69, 9.17) is 4.42 Å². The molecule has 0 N–H and O–H groups in total. The molecule has 1 aromatic heterocycles. The van der Waals surface area contributed by atoms with E-state index in [-0.39, 0.29) is 0 Å². The summed E-state index contributed by atoms with van der Waals surface area (Å²) in [4.78, 5) is 0. The monoisotopic (exact) mass is 238 g/mol. The van der Waals surface area contributed by atoms with Crippen LogP contribution in [0.4, 0.5) is 0 Å². The Morgan fingerprint density at radius 2 is 2.00 bits per heavy atom. The van der Waals surface area contributed by atoms with Gasteiger partial charge in [0.2, 0.25) is 12.3 Å². The fraction of sp³-hybridized carbons (Fsp3) is 0.111. The van der Waals surface area contributed by atoms with Crippen molar-refractivity contribution >= 4 is 15.9 Å². The van der Waals surface area contributed by atoms with Gasteiger partial charge < -0.3 is 4.42 Å². The molecular formula is C9H7BrN2O. The van der Waals surface area contributed by atoms with E-state index in [2.05, 4.69) is 26.1 Å². The van der Waals surface area contributed by atoms with Crippen molar-refractivity contribution in [3.05, 3.63) is 46.6 Å². The van der Waals surface area contributed by atoms with E-state index in [9.17, 15) is 0 Å². The first kappa shape index (κ1) is 8.44. The number of nitrogens with zero attached hydrogens (tertiary/aromatic N) is 2. The molecule has 66 valence electrons. The molecule has 1 aromatic carbocycles. The zero-order valence-corrected chi connectivity index (χ0v) is 8.36. The summed E-state index contributed by atoms with van der Waals surface area (Å²) >= 11 is 3.37. The lowest BCUT2D eigenvalue weighted by atomic mass is 10.2. The molecule has 0 aliphatic rings. The van der Waals surface area contributed by atoms with E-state index in [1.807, 2.05) is 24.3 Å². The lowest BCUT2D eigenvalue weighted by molar-refractivity contribution is 0.505. The molecule has 0 saturated carbocycles. The van der Waals surface area contributed by atoms with Gasteiger partial charge in [-0.25, -0.2) is 0 Å². The van der Waals surface area contributed by atoms with Gasteiger partial charge in [-0.05, 0) is 17.7 Å². The molecule has 0 saturated heterocycles. The van der Waals surface area contributed by atoms with Gasteiger partial charge >= 0.3 is 0 Å². The summed E-state index contributed by atoms with van der Waals surface area (Å²) < 4.78 is 6.10. The van der Waals surface area contributed by atoms with Crippen LogP contribution < -0.4 is 0 Å². The van der Waals surface area contributed by atoms with Gasteiger partial charge in [0.25, 0.3) is 0 Å². The average Bonchev–Trinajstić information content (AvgIpc) is 2.62. The van der Waals surface area contributed by atoms with Gasteiger partial charge in [-0.2, -0.15) is 0 Å². The molecule has 0 bridgehead atoms. The van der Waals surface area contributed by atoms with Crippen molar-refractivity contribution in [2.45, 2.75) is 6.42 Å². The molecule has 0 amide bonds. The SMILES string of the molecule is Brc1ccc(Cc2nnco2)cc1. The zero-order valence-electron chi connectivity index (χ0n) is 6.77. The van der Waals surface area contributed by atoms with E-state index >= 15 is 0 Å². The Morgan fingerprint density at radius 3 is 2.62 bits per heavy atom. The van der Waals surface area contributed by atoms with Crippen molar-refractivity contribution in [3.8, 4) is 0 Å². The molecule has 4 heteroatoms. The molecule has 13 heavy (non-hydrogen) atoms. The summed E-state index contributed by atoms with van der Waals surface area (Å²) in [5.74, 6) is 0.641. The highest BCUT2D eigenvalue weighted by atomic mass is 79.9. The van der Waals surface area contributed by atoms with Gasteiger partial charge in [0.05, 0.1) is 6.42 Å². The topological polar surface area (TPSA) is 38.9 Å². The highest BCUT2D eigenvalue weighted by Gasteiger charge is 2.00. The Balaban J connectivity index is 2.15. The standard InChI is InChI=1S/C9H7BrN2O/c10-8-3-1-7(2-4-8)5-9-12-11-6-13-9/h1-4,6H,5H2. The molecule has 0 atom stereocenters. The van der Waals surface area contributed by atoms with Crippen LogP contribution in [0.1, 0.15) is 11.5 Å². The molecular weight excluding hydrogens is 232 g/mol. The van der Waals surface area contributed by atoms with Gasteiger partial charge in [-0.3, -0.25) is 0 Å². The summed E-state index contributed by atoms with van der Waals surface area (Å²) in [5, 5.41) is 7.42. The van der Waals surface area contributed by atoms with Gasteiger partial charge in [-0.1, -0.05) is 28.1 Å². The van der Waals surface area contributed by atoms with Gasteiger partial charge in [0.1, 0.15) is 0 Å². The zero-order chi connectivity index (χ0) is 9.10. The third-order valence-corrected chi connectivity index (χ3v) is 2.20. The Labute approximate surface area is 83.9 Å². The quantitative estimate of drug-likeness (QED) is 0.807. The van der Waals surface area contributed by atoms with Crippen molar-refractivity contribution < 1.29 is 4.42 Å².